The van der Waals surface area contributed by atoms with Gasteiger partial charge in [-0.2, -0.15) is 11.8 Å². The van der Waals surface area contributed by atoms with Gasteiger partial charge in [0.15, 0.2) is 0 Å². The summed E-state index contributed by atoms with van der Waals surface area (Å²) in [6.45, 7) is 4.68. The average Bonchev–Trinajstić information content (AvgIpc) is 2.91. The van der Waals surface area contributed by atoms with E-state index in [1.54, 1.807) is 48.5 Å². The van der Waals surface area contributed by atoms with Crippen LogP contribution in [0.2, 0.25) is 0 Å². The fourth-order valence-corrected chi connectivity index (χ4v) is 6.47. The number of carbonyl (C=O) groups excluding carboxylic acids is 1. The fraction of sp³-hybridized carbons (Fsp3) is 0.321. The minimum absolute atomic E-state index is 0.139. The molecule has 9 heteroatoms. The SMILES string of the molecule is CCOc1ccc(N(CC(=O)NCCCSCc2ccccc2C)S(=O)(=O)c2ccc(SC)cc2)cc1. The Labute approximate surface area is 229 Å². The molecule has 3 aromatic carbocycles. The molecule has 0 aliphatic heterocycles. The number of sulfonamides is 1. The number of hydrogen-bond donors (Lipinski definition) is 1. The molecule has 0 aromatic heterocycles. The maximum atomic E-state index is 13.6. The second-order valence-corrected chi connectivity index (χ2v) is 12.1. The average molecular weight is 559 g/mol. The minimum Gasteiger partial charge on any atom is -0.494 e. The van der Waals surface area contributed by atoms with Crippen LogP contribution in [0.3, 0.4) is 0 Å². The van der Waals surface area contributed by atoms with Crippen molar-refractivity contribution in [2.24, 2.45) is 0 Å². The molecule has 1 amide bonds. The van der Waals surface area contributed by atoms with E-state index in [4.69, 9.17) is 4.74 Å². The third kappa shape index (κ3) is 8.45. The van der Waals surface area contributed by atoms with Crippen LogP contribution in [0.25, 0.3) is 0 Å². The number of benzene rings is 3. The highest BCUT2D eigenvalue weighted by atomic mass is 32.2. The molecule has 198 valence electrons. The fourth-order valence-electron chi connectivity index (χ4n) is 3.61. The first-order chi connectivity index (χ1) is 17.8. The second kappa shape index (κ2) is 14.4. The van der Waals surface area contributed by atoms with Crippen LogP contribution < -0.4 is 14.4 Å². The lowest BCUT2D eigenvalue weighted by Gasteiger charge is -2.24. The van der Waals surface area contributed by atoms with Crippen molar-refractivity contribution in [3.63, 3.8) is 0 Å². The molecule has 6 nitrogen and oxygen atoms in total. The summed E-state index contributed by atoms with van der Waals surface area (Å²) in [6.07, 6.45) is 2.73. The van der Waals surface area contributed by atoms with Gasteiger partial charge in [-0.15, -0.1) is 11.8 Å². The topological polar surface area (TPSA) is 75.7 Å². The second-order valence-electron chi connectivity index (χ2n) is 8.30. The zero-order valence-corrected chi connectivity index (χ0v) is 23.9. The van der Waals surface area contributed by atoms with Gasteiger partial charge in [0, 0.05) is 17.2 Å². The zero-order chi connectivity index (χ0) is 26.7. The smallest absolute Gasteiger partial charge is 0.264 e. The highest BCUT2D eigenvalue weighted by Gasteiger charge is 2.27. The van der Waals surface area contributed by atoms with Crippen LogP contribution in [0, 0.1) is 6.92 Å². The van der Waals surface area contributed by atoms with Gasteiger partial charge < -0.3 is 10.1 Å². The van der Waals surface area contributed by atoms with Crippen molar-refractivity contribution in [1.82, 2.24) is 5.32 Å². The Balaban J connectivity index is 1.63. The number of ether oxygens (including phenoxy) is 1. The van der Waals surface area contributed by atoms with Crippen molar-refractivity contribution < 1.29 is 17.9 Å². The van der Waals surface area contributed by atoms with Crippen LogP contribution >= 0.6 is 23.5 Å². The summed E-state index contributed by atoms with van der Waals surface area (Å²) in [5.74, 6) is 2.12. The summed E-state index contributed by atoms with van der Waals surface area (Å²) in [5, 5.41) is 2.88. The van der Waals surface area contributed by atoms with Crippen LogP contribution in [-0.4, -0.2) is 46.0 Å². The van der Waals surface area contributed by atoms with Gasteiger partial charge in [0.1, 0.15) is 12.3 Å². The van der Waals surface area contributed by atoms with Crippen LogP contribution in [-0.2, 0) is 20.6 Å². The summed E-state index contributed by atoms with van der Waals surface area (Å²) >= 11 is 3.36. The molecule has 37 heavy (non-hydrogen) atoms. The Morgan fingerprint density at radius 3 is 2.35 bits per heavy atom. The number of aryl methyl sites for hydroxylation is 1. The van der Waals surface area contributed by atoms with Gasteiger partial charge >= 0.3 is 0 Å². The Morgan fingerprint density at radius 1 is 1.00 bits per heavy atom. The third-order valence-electron chi connectivity index (χ3n) is 5.68. The lowest BCUT2D eigenvalue weighted by Crippen LogP contribution is -2.41. The molecular formula is C28H34N2O4S3. The number of carbonyl (C=O) groups is 1. The van der Waals surface area contributed by atoms with Crippen LogP contribution in [0.4, 0.5) is 5.69 Å². The molecule has 0 saturated heterocycles. The highest BCUT2D eigenvalue weighted by molar-refractivity contribution is 7.98. The molecule has 0 saturated carbocycles. The Hall–Kier alpha value is -2.62. The lowest BCUT2D eigenvalue weighted by molar-refractivity contribution is -0.119. The van der Waals surface area contributed by atoms with Crippen LogP contribution in [0.5, 0.6) is 5.75 Å². The number of nitrogens with one attached hydrogen (secondary N) is 1. The van der Waals surface area contributed by atoms with E-state index in [1.807, 2.05) is 37.1 Å². The molecule has 0 heterocycles. The summed E-state index contributed by atoms with van der Waals surface area (Å²) in [7, 11) is -3.95. The van der Waals surface area contributed by atoms with Gasteiger partial charge in [-0.1, -0.05) is 24.3 Å². The number of anilines is 1. The maximum Gasteiger partial charge on any atom is 0.264 e. The Bertz CT molecular complexity index is 1250. The lowest BCUT2D eigenvalue weighted by atomic mass is 10.1. The predicted molar refractivity (Wildman–Crippen MR) is 155 cm³/mol. The molecule has 0 atom stereocenters. The molecule has 0 fully saturated rings. The van der Waals surface area contributed by atoms with Crippen molar-refractivity contribution in [2.75, 3.05) is 36.0 Å². The number of thioether (sulfide) groups is 2. The van der Waals surface area contributed by atoms with Crippen molar-refractivity contribution >= 4 is 45.1 Å². The minimum atomic E-state index is -3.95. The quantitative estimate of drug-likeness (QED) is 0.201. The van der Waals surface area contributed by atoms with Gasteiger partial charge in [0.05, 0.1) is 17.2 Å². The molecule has 0 aliphatic rings. The Morgan fingerprint density at radius 2 is 1.70 bits per heavy atom. The maximum absolute atomic E-state index is 13.6. The predicted octanol–water partition coefficient (Wildman–Crippen LogP) is 5.75. The first-order valence-corrected chi connectivity index (χ1v) is 16.0. The van der Waals surface area contributed by atoms with E-state index in [0.29, 0.717) is 24.6 Å². The van der Waals surface area contributed by atoms with Gasteiger partial charge in [-0.25, -0.2) is 8.42 Å². The summed E-state index contributed by atoms with van der Waals surface area (Å²) in [6, 6.07) is 21.8. The van der Waals surface area contributed by atoms with Gasteiger partial charge in [-0.3, -0.25) is 9.10 Å². The number of hydrogen-bond acceptors (Lipinski definition) is 6. The van der Waals surface area contributed by atoms with E-state index in [1.165, 1.54) is 22.9 Å². The molecule has 0 radical (unpaired) electrons. The monoisotopic (exact) mass is 558 g/mol. The molecule has 0 bridgehead atoms. The van der Waals surface area contributed by atoms with Crippen LogP contribution in [0.1, 0.15) is 24.5 Å². The molecular weight excluding hydrogens is 525 g/mol. The van der Waals surface area contributed by atoms with E-state index in [0.717, 1.165) is 27.1 Å². The normalized spacial score (nSPS) is 11.2. The molecule has 1 N–H and O–H groups in total. The summed E-state index contributed by atoms with van der Waals surface area (Å²) < 4.78 is 33.8. The number of nitrogens with zero attached hydrogens (tertiary/aromatic N) is 1. The largest absolute Gasteiger partial charge is 0.494 e. The first kappa shape index (κ1) is 28.9. The Kier molecular flexibility index (Phi) is 11.2. The highest BCUT2D eigenvalue weighted by Crippen LogP contribution is 2.27. The first-order valence-electron chi connectivity index (χ1n) is 12.1. The van der Waals surface area contributed by atoms with Gasteiger partial charge in [0.25, 0.3) is 10.0 Å². The number of amides is 1. The van der Waals surface area contributed by atoms with E-state index in [-0.39, 0.29) is 17.3 Å². The van der Waals surface area contributed by atoms with Crippen molar-refractivity contribution in [3.8, 4) is 5.75 Å². The van der Waals surface area contributed by atoms with Gasteiger partial charge in [0.2, 0.25) is 5.91 Å². The van der Waals surface area contributed by atoms with Gasteiger partial charge in [-0.05, 0) is 91.9 Å². The molecule has 0 unspecified atom stereocenters. The van der Waals surface area contributed by atoms with Crippen molar-refractivity contribution in [3.05, 3.63) is 83.9 Å². The number of rotatable bonds is 14. The standard InChI is InChI=1S/C28H34N2O4S3/c1-4-34-25-12-10-24(11-13-25)30(37(32,33)27-16-14-26(35-3)15-17-27)20-28(31)29-18-7-19-36-21-23-9-6-5-8-22(23)2/h5-6,8-17H,4,7,18-21H2,1-3H3,(H,29,31). The van der Waals surface area contributed by atoms with E-state index >= 15 is 0 Å². The van der Waals surface area contributed by atoms with E-state index in [2.05, 4.69) is 24.4 Å². The van der Waals surface area contributed by atoms with Crippen molar-refractivity contribution in [1.29, 1.82) is 0 Å². The van der Waals surface area contributed by atoms with E-state index in [9.17, 15) is 13.2 Å². The molecule has 3 aromatic rings. The summed E-state index contributed by atoms with van der Waals surface area (Å²) in [4.78, 5) is 13.9. The molecule has 0 spiro atoms. The molecule has 3 rings (SSSR count). The molecule has 0 aliphatic carbocycles. The zero-order valence-electron chi connectivity index (χ0n) is 21.5. The summed E-state index contributed by atoms with van der Waals surface area (Å²) in [5.41, 5.74) is 3.00. The third-order valence-corrected chi connectivity index (χ3v) is 9.30. The van der Waals surface area contributed by atoms with Crippen LogP contribution in [0.15, 0.2) is 82.6 Å². The van der Waals surface area contributed by atoms with Crippen molar-refractivity contribution in [2.45, 2.75) is 35.8 Å². The van der Waals surface area contributed by atoms with E-state index < -0.39 is 10.0 Å².